The molecule has 27 heavy (non-hydrogen) atoms. The van der Waals surface area contributed by atoms with Crippen LogP contribution in [0.15, 0.2) is 82.0 Å². The van der Waals surface area contributed by atoms with Gasteiger partial charge in [0.25, 0.3) is 0 Å². The highest BCUT2D eigenvalue weighted by Crippen LogP contribution is 2.18. The molecule has 0 aliphatic rings. The molecule has 4 aromatic rings. The largest absolute Gasteiger partial charge is 0.388 e. The van der Waals surface area contributed by atoms with Crippen molar-refractivity contribution in [3.8, 4) is 0 Å². The third kappa shape index (κ3) is 4.06. The Morgan fingerprint density at radius 1 is 0.889 bits per heavy atom. The summed E-state index contributed by atoms with van der Waals surface area (Å²) in [6.07, 6.45) is 1.99. The first-order valence-corrected chi connectivity index (χ1v) is 8.99. The van der Waals surface area contributed by atoms with E-state index in [9.17, 15) is 4.79 Å². The van der Waals surface area contributed by atoms with Gasteiger partial charge < -0.3 is 9.73 Å². The Balaban J connectivity index is 1.48. The van der Waals surface area contributed by atoms with Gasteiger partial charge in [-0.3, -0.25) is 0 Å². The van der Waals surface area contributed by atoms with Gasteiger partial charge in [0.15, 0.2) is 0 Å². The molecule has 3 aromatic carbocycles. The maximum atomic E-state index is 12.1. The topological polar surface area (TPSA) is 55.1 Å². The third-order valence-corrected chi connectivity index (χ3v) is 4.53. The summed E-state index contributed by atoms with van der Waals surface area (Å²) >= 11 is 0. The molecule has 1 N–H and O–H groups in total. The van der Waals surface area contributed by atoms with Crippen molar-refractivity contribution in [2.45, 2.75) is 19.8 Å². The fraction of sp³-hybridized carbons (Fsp3) is 0.130. The number of nitrogens with zero attached hydrogens (tertiary/aromatic N) is 1. The molecule has 0 saturated carbocycles. The first-order chi connectivity index (χ1) is 13.2. The van der Waals surface area contributed by atoms with Crippen LogP contribution in [0.4, 0.5) is 11.7 Å². The van der Waals surface area contributed by atoms with Crippen LogP contribution in [-0.2, 0) is 12.8 Å². The number of aryl methyl sites for hydroxylation is 3. The number of aromatic nitrogens is 1. The Labute approximate surface area is 157 Å². The summed E-state index contributed by atoms with van der Waals surface area (Å²) in [6, 6.07) is 24.3. The first-order valence-electron chi connectivity index (χ1n) is 8.99. The van der Waals surface area contributed by atoms with Crippen LogP contribution in [-0.4, -0.2) is 4.98 Å². The van der Waals surface area contributed by atoms with Gasteiger partial charge in [0.1, 0.15) is 0 Å². The Bertz CT molecular complexity index is 1120. The lowest BCUT2D eigenvalue weighted by Gasteiger charge is -2.07. The molecule has 4 nitrogen and oxygen atoms in total. The van der Waals surface area contributed by atoms with Crippen molar-refractivity contribution in [1.29, 1.82) is 0 Å². The van der Waals surface area contributed by atoms with Crippen molar-refractivity contribution in [1.82, 2.24) is 4.98 Å². The van der Waals surface area contributed by atoms with Gasteiger partial charge in [-0.05, 0) is 60.7 Å². The van der Waals surface area contributed by atoms with Crippen LogP contribution >= 0.6 is 0 Å². The van der Waals surface area contributed by atoms with E-state index < -0.39 is 0 Å². The predicted molar refractivity (Wildman–Crippen MR) is 109 cm³/mol. The third-order valence-electron chi connectivity index (χ3n) is 4.53. The number of rotatable bonds is 5. The van der Waals surface area contributed by atoms with E-state index in [1.165, 1.54) is 11.1 Å². The molecular weight excluding hydrogens is 336 g/mol. The van der Waals surface area contributed by atoms with Gasteiger partial charge in [-0.15, -0.1) is 0 Å². The average Bonchev–Trinajstić information content (AvgIpc) is 2.68. The zero-order chi connectivity index (χ0) is 18.6. The van der Waals surface area contributed by atoms with Gasteiger partial charge in [0, 0.05) is 5.69 Å². The van der Waals surface area contributed by atoms with Crippen LogP contribution in [0.1, 0.15) is 16.7 Å². The average molecular weight is 356 g/mol. The molecule has 0 radical (unpaired) electrons. The summed E-state index contributed by atoms with van der Waals surface area (Å²) < 4.78 is 5.29. The van der Waals surface area contributed by atoms with Crippen LogP contribution in [0.2, 0.25) is 0 Å². The molecule has 0 unspecified atom stereocenters. The van der Waals surface area contributed by atoms with E-state index in [1.807, 2.05) is 37.3 Å². The summed E-state index contributed by atoms with van der Waals surface area (Å²) in [4.78, 5) is 16.5. The van der Waals surface area contributed by atoms with E-state index in [0.29, 0.717) is 10.9 Å². The van der Waals surface area contributed by atoms with Crippen LogP contribution in [0, 0.1) is 6.92 Å². The number of hydrogen-bond acceptors (Lipinski definition) is 4. The monoisotopic (exact) mass is 356 g/mol. The fourth-order valence-corrected chi connectivity index (χ4v) is 3.05. The van der Waals surface area contributed by atoms with Gasteiger partial charge in [-0.1, -0.05) is 48.5 Å². The minimum absolute atomic E-state index is 0.204. The molecule has 4 heteroatoms. The molecule has 0 aliphatic carbocycles. The summed E-state index contributed by atoms with van der Waals surface area (Å²) in [7, 11) is 0. The number of hydrogen-bond donors (Lipinski definition) is 1. The summed E-state index contributed by atoms with van der Waals surface area (Å²) in [5.74, 6) is 0. The van der Waals surface area contributed by atoms with E-state index in [4.69, 9.17) is 4.42 Å². The second kappa shape index (κ2) is 7.46. The second-order valence-electron chi connectivity index (χ2n) is 6.63. The van der Waals surface area contributed by atoms with E-state index in [2.05, 4.69) is 46.7 Å². The van der Waals surface area contributed by atoms with E-state index >= 15 is 0 Å². The molecule has 134 valence electrons. The van der Waals surface area contributed by atoms with E-state index in [0.717, 1.165) is 24.1 Å². The number of anilines is 2. The molecule has 0 saturated heterocycles. The minimum atomic E-state index is -0.387. The molecule has 0 fully saturated rings. The molecule has 0 aliphatic heterocycles. The SMILES string of the molecule is Cc1ccc2c(=O)oc(Nc3ccc(CCc4ccccc4)cc3)nc2c1. The lowest BCUT2D eigenvalue weighted by Crippen LogP contribution is -2.05. The van der Waals surface area contributed by atoms with E-state index in [1.54, 1.807) is 6.07 Å². The Kier molecular flexibility index (Phi) is 4.71. The minimum Gasteiger partial charge on any atom is -0.388 e. The summed E-state index contributed by atoms with van der Waals surface area (Å²) in [5, 5.41) is 3.57. The van der Waals surface area contributed by atoms with E-state index in [-0.39, 0.29) is 11.6 Å². The van der Waals surface area contributed by atoms with Crippen molar-refractivity contribution in [2.24, 2.45) is 0 Å². The highest BCUT2D eigenvalue weighted by atomic mass is 16.4. The van der Waals surface area contributed by atoms with Crippen molar-refractivity contribution < 1.29 is 4.42 Å². The summed E-state index contributed by atoms with van der Waals surface area (Å²) in [6.45, 7) is 1.97. The molecule has 0 bridgehead atoms. The Hall–Kier alpha value is -3.40. The van der Waals surface area contributed by atoms with Crippen molar-refractivity contribution in [2.75, 3.05) is 5.32 Å². The van der Waals surface area contributed by atoms with Crippen LogP contribution in [0.3, 0.4) is 0 Å². The smallest absolute Gasteiger partial charge is 0.348 e. The van der Waals surface area contributed by atoms with Crippen LogP contribution in [0.5, 0.6) is 0 Å². The maximum absolute atomic E-state index is 12.1. The molecule has 4 rings (SSSR count). The standard InChI is InChI=1S/C23H20N2O2/c1-16-7-14-20-21(15-16)25-23(27-22(20)26)24-19-12-10-18(11-13-19)9-8-17-5-3-2-4-6-17/h2-7,10-15H,8-9H2,1H3,(H,24,25). The Morgan fingerprint density at radius 2 is 1.59 bits per heavy atom. The lowest BCUT2D eigenvalue weighted by molar-refractivity contribution is 0.522. The predicted octanol–water partition coefficient (Wildman–Crippen LogP) is 5.03. The van der Waals surface area contributed by atoms with Crippen molar-refractivity contribution >= 4 is 22.6 Å². The lowest BCUT2D eigenvalue weighted by atomic mass is 10.0. The molecule has 1 heterocycles. The van der Waals surface area contributed by atoms with Crippen molar-refractivity contribution in [3.05, 3.63) is 99.9 Å². The quantitative estimate of drug-likeness (QED) is 0.545. The highest BCUT2D eigenvalue weighted by Gasteiger charge is 2.07. The van der Waals surface area contributed by atoms with Gasteiger partial charge >= 0.3 is 11.6 Å². The molecule has 1 aromatic heterocycles. The summed E-state index contributed by atoms with van der Waals surface area (Å²) in [5.41, 5.74) is 4.72. The molecule has 0 amide bonds. The van der Waals surface area contributed by atoms with Crippen molar-refractivity contribution in [3.63, 3.8) is 0 Å². The van der Waals surface area contributed by atoms with Gasteiger partial charge in [0.05, 0.1) is 10.9 Å². The highest BCUT2D eigenvalue weighted by molar-refractivity contribution is 5.78. The number of nitrogens with one attached hydrogen (secondary N) is 1. The van der Waals surface area contributed by atoms with Gasteiger partial charge in [-0.2, -0.15) is 4.98 Å². The zero-order valence-electron chi connectivity index (χ0n) is 15.1. The zero-order valence-corrected chi connectivity index (χ0v) is 15.1. The van der Waals surface area contributed by atoms with Crippen LogP contribution < -0.4 is 10.9 Å². The molecule has 0 spiro atoms. The number of fused-ring (bicyclic) bond motifs is 1. The fourth-order valence-electron chi connectivity index (χ4n) is 3.05. The maximum Gasteiger partial charge on any atom is 0.348 e. The first kappa shape index (κ1) is 17.0. The van der Waals surface area contributed by atoms with Gasteiger partial charge in [-0.25, -0.2) is 4.79 Å². The van der Waals surface area contributed by atoms with Crippen LogP contribution in [0.25, 0.3) is 10.9 Å². The normalized spacial score (nSPS) is 10.9. The Morgan fingerprint density at radius 3 is 2.33 bits per heavy atom. The molecule has 0 atom stereocenters. The van der Waals surface area contributed by atoms with Gasteiger partial charge in [0.2, 0.25) is 0 Å². The molecular formula is C23H20N2O2. The second-order valence-corrected chi connectivity index (χ2v) is 6.63. The number of benzene rings is 3.